The predicted molar refractivity (Wildman–Crippen MR) is 107 cm³/mol. The third-order valence-electron chi connectivity index (χ3n) is 3.69. The van der Waals surface area contributed by atoms with Crippen molar-refractivity contribution in [2.45, 2.75) is 72.7 Å². The Kier molecular flexibility index (Phi) is 14.3. The molecular weight excluding hydrogens is 330 g/mol. The fourth-order valence-corrected chi connectivity index (χ4v) is 2.57. The molecule has 26 heavy (non-hydrogen) atoms. The van der Waals surface area contributed by atoms with Crippen molar-refractivity contribution < 1.29 is 24.5 Å². The van der Waals surface area contributed by atoms with Crippen molar-refractivity contribution in [3.8, 4) is 5.75 Å². The zero-order valence-electron chi connectivity index (χ0n) is 18.0. The molecule has 2 atom stereocenters. The second-order valence-corrected chi connectivity index (χ2v) is 6.77. The first-order valence-electron chi connectivity index (χ1n) is 9.67. The number of hydrogen-bond acceptors (Lipinski definition) is 4. The fourth-order valence-electron chi connectivity index (χ4n) is 2.57. The van der Waals surface area contributed by atoms with Crippen molar-refractivity contribution in [2.75, 3.05) is 21.3 Å². The third kappa shape index (κ3) is 10.1. The topological polar surface area (TPSA) is 53.5 Å². The maximum Gasteiger partial charge on any atom is 0.204 e. The Morgan fingerprint density at radius 3 is 2.15 bits per heavy atom. The Bertz CT molecular complexity index is 463. The lowest BCUT2D eigenvalue weighted by Gasteiger charge is -2.13. The second kappa shape index (κ2) is 15.0. The van der Waals surface area contributed by atoms with Crippen LogP contribution in [0.3, 0.4) is 0 Å². The van der Waals surface area contributed by atoms with E-state index in [1.165, 1.54) is 0 Å². The predicted octanol–water partition coefficient (Wildman–Crippen LogP) is 4.22. The maximum atomic E-state index is 5.95. The Hall–Kier alpha value is -1.14. The van der Waals surface area contributed by atoms with Crippen LogP contribution in [0.15, 0.2) is 18.2 Å². The Morgan fingerprint density at radius 1 is 1.04 bits per heavy atom. The number of quaternary nitrogens is 1. The van der Waals surface area contributed by atoms with Crippen LogP contribution in [0.1, 0.15) is 59.4 Å². The van der Waals surface area contributed by atoms with Crippen LogP contribution in [0, 0.1) is 5.92 Å². The van der Waals surface area contributed by atoms with Crippen LogP contribution in [0.5, 0.6) is 5.75 Å². The average Bonchev–Trinajstić information content (AvgIpc) is 3.10. The van der Waals surface area contributed by atoms with Gasteiger partial charge in [-0.15, -0.1) is 0 Å². The molecule has 2 rings (SSSR count). The molecule has 1 fully saturated rings. The van der Waals surface area contributed by atoms with Crippen LogP contribution in [-0.2, 0) is 20.9 Å². The van der Waals surface area contributed by atoms with Gasteiger partial charge in [0, 0.05) is 13.2 Å². The largest absolute Gasteiger partial charge is 0.491 e. The summed E-state index contributed by atoms with van der Waals surface area (Å²) in [4.78, 5) is 5.07. The molecule has 1 aromatic carbocycles. The number of methoxy groups -OCH3 is 2. The number of nitrogens with two attached hydrogens (primary N) is 1. The van der Waals surface area contributed by atoms with E-state index in [2.05, 4.69) is 20.8 Å². The quantitative estimate of drug-likeness (QED) is 0.577. The molecule has 0 aromatic heterocycles. The zero-order valence-corrected chi connectivity index (χ0v) is 18.0. The molecule has 2 unspecified atom stereocenters. The van der Waals surface area contributed by atoms with Gasteiger partial charge in [-0.3, -0.25) is 0 Å². The van der Waals surface area contributed by atoms with Crippen LogP contribution in [-0.4, -0.2) is 33.5 Å². The molecule has 5 nitrogen and oxygen atoms in total. The molecular formula is C21H40NO4+. The van der Waals surface area contributed by atoms with E-state index in [0.717, 1.165) is 42.2 Å². The maximum absolute atomic E-state index is 5.95. The van der Waals surface area contributed by atoms with Crippen molar-refractivity contribution in [1.29, 1.82) is 0 Å². The van der Waals surface area contributed by atoms with Gasteiger partial charge in [0.25, 0.3) is 0 Å². The van der Waals surface area contributed by atoms with Gasteiger partial charge in [0.15, 0.2) is 5.75 Å². The van der Waals surface area contributed by atoms with E-state index in [-0.39, 0.29) is 0 Å². The van der Waals surface area contributed by atoms with Gasteiger partial charge in [-0.2, -0.15) is 5.48 Å². The highest BCUT2D eigenvalue weighted by Crippen LogP contribution is 2.26. The molecule has 0 amide bonds. The van der Waals surface area contributed by atoms with E-state index in [0.29, 0.717) is 18.8 Å². The summed E-state index contributed by atoms with van der Waals surface area (Å²) in [7, 11) is 5.05. The summed E-state index contributed by atoms with van der Waals surface area (Å²) in [6.07, 6.45) is 3.81. The van der Waals surface area contributed by atoms with Crippen LogP contribution in [0.4, 0.5) is 5.69 Å². The van der Waals surface area contributed by atoms with E-state index in [1.807, 2.05) is 32.0 Å². The van der Waals surface area contributed by atoms with Gasteiger partial charge in [0.1, 0.15) is 0 Å². The fraction of sp³-hybridized carbons (Fsp3) is 0.714. The molecule has 0 radical (unpaired) electrons. The number of hydrogen-bond donors (Lipinski definition) is 1. The van der Waals surface area contributed by atoms with Gasteiger partial charge < -0.3 is 14.2 Å². The summed E-state index contributed by atoms with van der Waals surface area (Å²) in [6.45, 7) is 11.1. The van der Waals surface area contributed by atoms with E-state index in [4.69, 9.17) is 19.0 Å². The van der Waals surface area contributed by atoms with E-state index in [9.17, 15) is 0 Å². The molecule has 0 heterocycles. The highest BCUT2D eigenvalue weighted by atomic mass is 16.6. The lowest BCUT2D eigenvalue weighted by Crippen LogP contribution is -2.76. The monoisotopic (exact) mass is 370 g/mol. The SMILES string of the molecule is CC.CC(C)C.CO[NH2+]c1cc(COC2CCC(OC)C2)ccc1OC. The summed E-state index contributed by atoms with van der Waals surface area (Å²) < 4.78 is 16.6. The average molecular weight is 371 g/mol. The molecule has 0 bridgehead atoms. The molecule has 2 N–H and O–H groups in total. The van der Waals surface area contributed by atoms with Crippen molar-refractivity contribution >= 4 is 5.69 Å². The van der Waals surface area contributed by atoms with Crippen molar-refractivity contribution in [3.63, 3.8) is 0 Å². The first-order chi connectivity index (χ1) is 12.5. The van der Waals surface area contributed by atoms with Crippen molar-refractivity contribution in [1.82, 2.24) is 0 Å². The van der Waals surface area contributed by atoms with Crippen LogP contribution < -0.4 is 10.2 Å². The molecule has 1 aliphatic rings. The number of benzene rings is 1. The normalized spacial score (nSPS) is 18.7. The minimum atomic E-state index is 0.303. The zero-order chi connectivity index (χ0) is 19.9. The lowest BCUT2D eigenvalue weighted by molar-refractivity contribution is -0.830. The Balaban J connectivity index is 0.000000920. The van der Waals surface area contributed by atoms with Crippen molar-refractivity contribution in [3.05, 3.63) is 23.8 Å². The van der Waals surface area contributed by atoms with E-state index >= 15 is 0 Å². The summed E-state index contributed by atoms with van der Waals surface area (Å²) in [5, 5.41) is 0. The van der Waals surface area contributed by atoms with Gasteiger partial charge in [-0.25, -0.2) is 4.84 Å². The smallest absolute Gasteiger partial charge is 0.204 e. The summed E-state index contributed by atoms with van der Waals surface area (Å²) in [5.74, 6) is 1.64. The molecule has 1 aliphatic carbocycles. The summed E-state index contributed by atoms with van der Waals surface area (Å²) in [5.41, 5.74) is 3.73. The van der Waals surface area contributed by atoms with Crippen LogP contribution in [0.2, 0.25) is 0 Å². The molecule has 1 aromatic rings. The summed E-state index contributed by atoms with van der Waals surface area (Å²) >= 11 is 0. The Labute approximate surface area is 160 Å². The van der Waals surface area contributed by atoms with Gasteiger partial charge in [-0.1, -0.05) is 40.7 Å². The van der Waals surface area contributed by atoms with Crippen LogP contribution in [0.25, 0.3) is 0 Å². The highest BCUT2D eigenvalue weighted by molar-refractivity contribution is 5.47. The highest BCUT2D eigenvalue weighted by Gasteiger charge is 2.25. The molecule has 1 saturated carbocycles. The van der Waals surface area contributed by atoms with E-state index in [1.54, 1.807) is 26.8 Å². The second-order valence-electron chi connectivity index (χ2n) is 6.77. The first-order valence-corrected chi connectivity index (χ1v) is 9.67. The van der Waals surface area contributed by atoms with Gasteiger partial charge in [0.2, 0.25) is 5.69 Å². The molecule has 0 saturated heterocycles. The van der Waals surface area contributed by atoms with Gasteiger partial charge in [0.05, 0.1) is 33.0 Å². The lowest BCUT2D eigenvalue weighted by atomic mass is 10.2. The Morgan fingerprint density at radius 2 is 1.65 bits per heavy atom. The van der Waals surface area contributed by atoms with Crippen molar-refractivity contribution in [2.24, 2.45) is 5.92 Å². The third-order valence-corrected chi connectivity index (χ3v) is 3.69. The van der Waals surface area contributed by atoms with Gasteiger partial charge in [-0.05, 0) is 36.8 Å². The summed E-state index contributed by atoms with van der Waals surface area (Å²) in [6, 6.07) is 6.00. The standard InChI is InChI=1S/C15H23NO4.C4H10.C2H6/c1-17-12-5-6-13(9-12)20-10-11-4-7-15(18-2)14(8-11)16-19-3;1-4(2)3;1-2/h4,7-8,12-13,16H,5-6,9-10H2,1-3H3;4H,1-3H3;1-2H3/p+1. The minimum absolute atomic E-state index is 0.303. The first kappa shape index (κ1) is 24.9. The molecule has 0 spiro atoms. The number of ether oxygens (including phenoxy) is 3. The minimum Gasteiger partial charge on any atom is -0.491 e. The van der Waals surface area contributed by atoms with Crippen LogP contribution >= 0.6 is 0 Å². The number of rotatable bonds is 7. The van der Waals surface area contributed by atoms with Gasteiger partial charge >= 0.3 is 0 Å². The molecule has 0 aliphatic heterocycles. The molecule has 152 valence electrons. The van der Waals surface area contributed by atoms with E-state index < -0.39 is 0 Å². The molecule has 5 heteroatoms.